The van der Waals surface area contributed by atoms with Gasteiger partial charge < -0.3 is 15.2 Å². The maximum atomic E-state index is 11.8. The van der Waals surface area contributed by atoms with E-state index in [4.69, 9.17) is 4.99 Å². The summed E-state index contributed by atoms with van der Waals surface area (Å²) in [5, 5.41) is 7.03. The maximum Gasteiger partial charge on any atom is 0.250 e. The van der Waals surface area contributed by atoms with Crippen LogP contribution in [0.2, 0.25) is 0 Å². The Morgan fingerprint density at radius 1 is 1.13 bits per heavy atom. The highest BCUT2D eigenvalue weighted by Crippen LogP contribution is 2.19. The zero-order chi connectivity index (χ0) is 21.9. The van der Waals surface area contributed by atoms with Gasteiger partial charge in [-0.3, -0.25) is 14.7 Å². The van der Waals surface area contributed by atoms with E-state index < -0.39 is 0 Å². The lowest BCUT2D eigenvalue weighted by molar-refractivity contribution is 0.134. The van der Waals surface area contributed by atoms with E-state index in [0.717, 1.165) is 64.4 Å². The van der Waals surface area contributed by atoms with E-state index in [-0.39, 0.29) is 5.56 Å². The van der Waals surface area contributed by atoms with E-state index in [1.165, 1.54) is 5.56 Å². The number of aromatic nitrogens is 1. The number of likely N-dealkylation sites (tertiary alicyclic amines) is 1. The molecule has 0 bridgehead atoms. The van der Waals surface area contributed by atoms with Crippen LogP contribution in [0.5, 0.6) is 0 Å². The fourth-order valence-electron chi connectivity index (χ4n) is 4.15. The van der Waals surface area contributed by atoms with Crippen molar-refractivity contribution >= 4 is 5.96 Å². The van der Waals surface area contributed by atoms with Gasteiger partial charge in [-0.1, -0.05) is 36.4 Å². The molecule has 2 unspecified atom stereocenters. The van der Waals surface area contributed by atoms with Crippen LogP contribution in [0.25, 0.3) is 0 Å². The average Bonchev–Trinajstić information content (AvgIpc) is 2.77. The lowest BCUT2D eigenvalue weighted by Crippen LogP contribution is -2.51. The molecule has 1 aliphatic heterocycles. The highest BCUT2D eigenvalue weighted by Gasteiger charge is 2.25. The van der Waals surface area contributed by atoms with Gasteiger partial charge in [0.05, 0.1) is 0 Å². The third-order valence-corrected chi connectivity index (χ3v) is 5.90. The van der Waals surface area contributed by atoms with Gasteiger partial charge in [-0.05, 0) is 51.2 Å². The molecule has 0 saturated carbocycles. The second-order valence-corrected chi connectivity index (χ2v) is 8.37. The topological polar surface area (TPSA) is 61.7 Å². The molecule has 0 aliphatic carbocycles. The summed E-state index contributed by atoms with van der Waals surface area (Å²) in [5.41, 5.74) is 1.45. The summed E-state index contributed by atoms with van der Waals surface area (Å²) < 4.78 is 1.76. The molecule has 3 rings (SSSR count). The van der Waals surface area contributed by atoms with Crippen molar-refractivity contribution in [2.75, 3.05) is 19.6 Å². The lowest BCUT2D eigenvalue weighted by Gasteiger charge is -2.38. The van der Waals surface area contributed by atoms with Crippen molar-refractivity contribution < 1.29 is 0 Å². The van der Waals surface area contributed by atoms with Crippen LogP contribution in [-0.4, -0.2) is 47.1 Å². The first-order chi connectivity index (χ1) is 15.2. The Morgan fingerprint density at radius 3 is 2.68 bits per heavy atom. The van der Waals surface area contributed by atoms with Crippen LogP contribution in [0, 0.1) is 0 Å². The fraction of sp³-hybridized carbons (Fsp3) is 0.520. The Balaban J connectivity index is 1.43. The molecule has 2 atom stereocenters. The van der Waals surface area contributed by atoms with E-state index in [1.54, 1.807) is 16.7 Å². The van der Waals surface area contributed by atoms with Crippen molar-refractivity contribution in [1.82, 2.24) is 20.1 Å². The Kier molecular flexibility index (Phi) is 9.16. The molecule has 2 aromatic rings. The Labute approximate surface area is 186 Å². The molecule has 1 fully saturated rings. The van der Waals surface area contributed by atoms with Crippen LogP contribution in [0.4, 0.5) is 0 Å². The highest BCUT2D eigenvalue weighted by molar-refractivity contribution is 5.80. The molecule has 1 saturated heterocycles. The quantitative estimate of drug-likeness (QED) is 0.369. The van der Waals surface area contributed by atoms with E-state index >= 15 is 0 Å². The van der Waals surface area contributed by atoms with Gasteiger partial charge in [-0.15, -0.1) is 0 Å². The highest BCUT2D eigenvalue weighted by atomic mass is 16.1. The molecule has 1 aliphatic rings. The van der Waals surface area contributed by atoms with E-state index in [0.29, 0.717) is 12.1 Å². The van der Waals surface area contributed by atoms with Crippen LogP contribution < -0.4 is 16.2 Å². The number of hydrogen-bond acceptors (Lipinski definition) is 3. The molecule has 1 aromatic heterocycles. The molecule has 1 aromatic carbocycles. The summed E-state index contributed by atoms with van der Waals surface area (Å²) in [5.74, 6) is 0.910. The largest absolute Gasteiger partial charge is 0.357 e. The number of aryl methyl sites for hydroxylation is 1. The number of aliphatic imine (C=N–C) groups is 1. The third kappa shape index (κ3) is 7.55. The maximum absolute atomic E-state index is 11.8. The van der Waals surface area contributed by atoms with Crippen LogP contribution >= 0.6 is 0 Å². The fourth-order valence-corrected chi connectivity index (χ4v) is 4.15. The first-order valence-corrected chi connectivity index (χ1v) is 11.6. The standard InChI is InChI=1S/C25H37N5O/c1-3-26-25(27-15-8-10-17-29-16-9-7-13-24(29)31)28-23-14-18-30(21(2)19-23)20-22-11-5-4-6-12-22/h4-7,9,11-13,16,21,23H,3,8,10,14-15,17-20H2,1-2H3,(H2,26,27,28). The summed E-state index contributed by atoms with van der Waals surface area (Å²) in [4.78, 5) is 19.1. The predicted octanol–water partition coefficient (Wildman–Crippen LogP) is 3.24. The van der Waals surface area contributed by atoms with Gasteiger partial charge in [0.1, 0.15) is 0 Å². The number of piperidine rings is 1. The SMILES string of the molecule is CCNC(=NCCCCn1ccccc1=O)NC1CCN(Cc2ccccc2)C(C)C1. The molecule has 6 nitrogen and oxygen atoms in total. The molecule has 0 amide bonds. The van der Waals surface area contributed by atoms with Crippen molar-refractivity contribution in [2.24, 2.45) is 4.99 Å². The van der Waals surface area contributed by atoms with Crippen LogP contribution in [0.15, 0.2) is 64.5 Å². The van der Waals surface area contributed by atoms with Crippen molar-refractivity contribution in [3.63, 3.8) is 0 Å². The van der Waals surface area contributed by atoms with Gasteiger partial charge in [0, 0.05) is 57.1 Å². The normalized spacial score (nSPS) is 19.9. The van der Waals surface area contributed by atoms with Crippen LogP contribution in [0.1, 0.15) is 45.1 Å². The Hall–Kier alpha value is -2.60. The number of hydrogen-bond donors (Lipinski definition) is 2. The van der Waals surface area contributed by atoms with E-state index in [1.807, 2.05) is 12.3 Å². The number of unbranched alkanes of at least 4 members (excludes halogenated alkanes) is 1. The minimum Gasteiger partial charge on any atom is -0.357 e. The lowest BCUT2D eigenvalue weighted by atomic mass is 9.97. The molecule has 31 heavy (non-hydrogen) atoms. The summed E-state index contributed by atoms with van der Waals surface area (Å²) in [7, 11) is 0. The number of rotatable bonds is 9. The molecule has 168 valence electrons. The summed E-state index contributed by atoms with van der Waals surface area (Å²) >= 11 is 0. The van der Waals surface area contributed by atoms with Crippen molar-refractivity contribution in [2.45, 2.75) is 64.7 Å². The Morgan fingerprint density at radius 2 is 1.94 bits per heavy atom. The molecule has 6 heteroatoms. The van der Waals surface area contributed by atoms with Gasteiger partial charge in [-0.25, -0.2) is 0 Å². The van der Waals surface area contributed by atoms with Crippen molar-refractivity contribution in [3.8, 4) is 0 Å². The van der Waals surface area contributed by atoms with E-state index in [9.17, 15) is 4.79 Å². The number of nitrogens with one attached hydrogen (secondary N) is 2. The first kappa shape index (κ1) is 23.1. The summed E-state index contributed by atoms with van der Waals surface area (Å²) in [6.45, 7) is 8.91. The Bertz CT molecular complexity index is 863. The van der Waals surface area contributed by atoms with Crippen molar-refractivity contribution in [3.05, 3.63) is 70.6 Å². The molecule has 2 heterocycles. The van der Waals surface area contributed by atoms with Gasteiger partial charge in [0.25, 0.3) is 0 Å². The molecular formula is C25H37N5O. The van der Waals surface area contributed by atoms with Gasteiger partial charge in [0.15, 0.2) is 5.96 Å². The minimum atomic E-state index is 0.0636. The smallest absolute Gasteiger partial charge is 0.250 e. The number of nitrogens with zero attached hydrogens (tertiary/aromatic N) is 3. The van der Waals surface area contributed by atoms with Crippen LogP contribution in [0.3, 0.4) is 0 Å². The number of pyridine rings is 1. The molecular weight excluding hydrogens is 386 g/mol. The summed E-state index contributed by atoms with van der Waals surface area (Å²) in [6, 6.07) is 17.0. The van der Waals surface area contributed by atoms with Crippen molar-refractivity contribution in [1.29, 1.82) is 0 Å². The number of benzene rings is 1. The molecule has 2 N–H and O–H groups in total. The summed E-state index contributed by atoms with van der Waals surface area (Å²) in [6.07, 6.45) is 6.00. The number of guanidine groups is 1. The minimum absolute atomic E-state index is 0.0636. The molecule has 0 radical (unpaired) electrons. The monoisotopic (exact) mass is 423 g/mol. The third-order valence-electron chi connectivity index (χ3n) is 5.90. The van der Waals surface area contributed by atoms with E-state index in [2.05, 4.69) is 59.7 Å². The second kappa shape index (κ2) is 12.3. The van der Waals surface area contributed by atoms with Gasteiger partial charge in [-0.2, -0.15) is 0 Å². The van der Waals surface area contributed by atoms with Crippen LogP contribution in [-0.2, 0) is 13.1 Å². The predicted molar refractivity (Wildman–Crippen MR) is 128 cm³/mol. The van der Waals surface area contributed by atoms with Gasteiger partial charge >= 0.3 is 0 Å². The zero-order valence-electron chi connectivity index (χ0n) is 19.0. The molecule has 0 spiro atoms. The average molecular weight is 424 g/mol. The van der Waals surface area contributed by atoms with Gasteiger partial charge in [0.2, 0.25) is 5.56 Å². The second-order valence-electron chi connectivity index (χ2n) is 8.37. The zero-order valence-corrected chi connectivity index (χ0v) is 19.0. The first-order valence-electron chi connectivity index (χ1n) is 11.6.